The Hall–Kier alpha value is -2.08. The maximum Gasteiger partial charge on any atom is 0.335 e. The van der Waals surface area contributed by atoms with E-state index in [1.807, 2.05) is 24.6 Å². The van der Waals surface area contributed by atoms with Gasteiger partial charge in [0.05, 0.1) is 5.56 Å². The molecule has 0 radical (unpaired) electrons. The van der Waals surface area contributed by atoms with Crippen molar-refractivity contribution in [3.05, 3.63) is 52.3 Å². The van der Waals surface area contributed by atoms with E-state index in [2.05, 4.69) is 21.2 Å². The minimum absolute atomic E-state index is 0.159. The Balaban J connectivity index is 2.20. The summed E-state index contributed by atoms with van der Waals surface area (Å²) >= 11 is 3.36. The van der Waals surface area contributed by atoms with Gasteiger partial charge in [0.1, 0.15) is 5.69 Å². The Kier molecular flexibility index (Phi) is 4.47. The summed E-state index contributed by atoms with van der Waals surface area (Å²) in [6, 6.07) is 7.95. The Bertz CT molecular complexity index is 675. The van der Waals surface area contributed by atoms with Crippen LogP contribution in [0.2, 0.25) is 0 Å². The van der Waals surface area contributed by atoms with Crippen LogP contribution in [0.3, 0.4) is 0 Å². The highest BCUT2D eigenvalue weighted by molar-refractivity contribution is 9.10. The van der Waals surface area contributed by atoms with Gasteiger partial charge in [0, 0.05) is 22.4 Å². The zero-order valence-corrected chi connectivity index (χ0v) is 13.2. The molecule has 2 rings (SSSR count). The summed E-state index contributed by atoms with van der Waals surface area (Å²) in [4.78, 5) is 23.1. The van der Waals surface area contributed by atoms with E-state index in [0.717, 1.165) is 4.47 Å². The van der Waals surface area contributed by atoms with Gasteiger partial charge in [-0.05, 0) is 60.1 Å². The highest BCUT2D eigenvalue weighted by atomic mass is 79.9. The second-order valence-corrected chi connectivity index (χ2v) is 5.80. The van der Waals surface area contributed by atoms with E-state index in [9.17, 15) is 9.59 Å². The number of carboxylic acid groups (broad SMARTS) is 1. The van der Waals surface area contributed by atoms with Gasteiger partial charge in [0.15, 0.2) is 0 Å². The SMILES string of the molecule is CC(C)n1cc(Br)cc1C(=O)Nc1ccc(C(=O)O)cc1. The highest BCUT2D eigenvalue weighted by Gasteiger charge is 2.15. The fourth-order valence-electron chi connectivity index (χ4n) is 1.95. The number of carbonyl (C=O) groups is 2. The summed E-state index contributed by atoms with van der Waals surface area (Å²) in [7, 11) is 0. The zero-order chi connectivity index (χ0) is 15.6. The second-order valence-electron chi connectivity index (χ2n) is 4.88. The smallest absolute Gasteiger partial charge is 0.335 e. The standard InChI is InChI=1S/C15H15BrN2O3/c1-9(2)18-8-11(16)7-13(18)14(19)17-12-5-3-10(4-6-12)15(20)21/h3-9H,1-2H3,(H,17,19)(H,20,21). The van der Waals surface area contributed by atoms with Gasteiger partial charge in [-0.1, -0.05) is 0 Å². The number of anilines is 1. The summed E-state index contributed by atoms with van der Waals surface area (Å²) in [6.07, 6.45) is 1.85. The fourth-order valence-corrected chi connectivity index (χ4v) is 2.38. The first kappa shape index (κ1) is 15.3. The lowest BCUT2D eigenvalue weighted by molar-refractivity contribution is 0.0696. The van der Waals surface area contributed by atoms with Gasteiger partial charge >= 0.3 is 5.97 Å². The Labute approximate surface area is 130 Å². The number of amides is 1. The van der Waals surface area contributed by atoms with Crippen molar-refractivity contribution in [1.82, 2.24) is 4.57 Å². The largest absolute Gasteiger partial charge is 0.478 e. The van der Waals surface area contributed by atoms with Crippen LogP contribution in [-0.2, 0) is 0 Å². The van der Waals surface area contributed by atoms with Crippen molar-refractivity contribution in [2.24, 2.45) is 0 Å². The summed E-state index contributed by atoms with van der Waals surface area (Å²) in [5.41, 5.74) is 1.28. The minimum Gasteiger partial charge on any atom is -0.478 e. The molecule has 1 amide bonds. The van der Waals surface area contributed by atoms with E-state index in [1.54, 1.807) is 18.2 Å². The number of hydrogen-bond donors (Lipinski definition) is 2. The Morgan fingerprint density at radius 2 is 1.86 bits per heavy atom. The van der Waals surface area contributed by atoms with Gasteiger partial charge in [-0.2, -0.15) is 0 Å². The minimum atomic E-state index is -0.995. The summed E-state index contributed by atoms with van der Waals surface area (Å²) in [5, 5.41) is 11.6. The quantitative estimate of drug-likeness (QED) is 0.881. The van der Waals surface area contributed by atoms with Crippen molar-refractivity contribution < 1.29 is 14.7 Å². The summed E-state index contributed by atoms with van der Waals surface area (Å²) < 4.78 is 2.70. The van der Waals surface area contributed by atoms with Crippen molar-refractivity contribution in [1.29, 1.82) is 0 Å². The normalized spacial score (nSPS) is 10.7. The number of carboxylic acids is 1. The number of rotatable bonds is 4. The molecule has 0 saturated heterocycles. The molecular weight excluding hydrogens is 336 g/mol. The molecule has 0 atom stereocenters. The first-order valence-electron chi connectivity index (χ1n) is 6.40. The van der Waals surface area contributed by atoms with Gasteiger partial charge in [0.2, 0.25) is 0 Å². The number of aromatic carboxylic acids is 1. The molecule has 1 aromatic heterocycles. The van der Waals surface area contributed by atoms with Crippen LogP contribution >= 0.6 is 15.9 Å². The molecule has 0 saturated carbocycles. The van der Waals surface area contributed by atoms with Crippen LogP contribution in [0.4, 0.5) is 5.69 Å². The first-order chi connectivity index (χ1) is 9.88. The maximum absolute atomic E-state index is 12.3. The van der Waals surface area contributed by atoms with E-state index in [4.69, 9.17) is 5.11 Å². The monoisotopic (exact) mass is 350 g/mol. The van der Waals surface area contributed by atoms with Gasteiger partial charge in [-0.3, -0.25) is 4.79 Å². The molecule has 0 unspecified atom stereocenters. The molecule has 0 fully saturated rings. The van der Waals surface area contributed by atoms with Crippen LogP contribution in [0.25, 0.3) is 0 Å². The molecular formula is C15H15BrN2O3. The van der Waals surface area contributed by atoms with Gasteiger partial charge in [0.25, 0.3) is 5.91 Å². The number of nitrogens with one attached hydrogen (secondary N) is 1. The summed E-state index contributed by atoms with van der Waals surface area (Å²) in [5.74, 6) is -1.23. The molecule has 0 bridgehead atoms. The summed E-state index contributed by atoms with van der Waals surface area (Å²) in [6.45, 7) is 3.98. The van der Waals surface area contributed by atoms with Crippen molar-refractivity contribution in [3.63, 3.8) is 0 Å². The molecule has 0 spiro atoms. The Morgan fingerprint density at radius 1 is 1.24 bits per heavy atom. The number of aromatic nitrogens is 1. The third kappa shape index (κ3) is 3.52. The van der Waals surface area contributed by atoms with Crippen LogP contribution < -0.4 is 5.32 Å². The zero-order valence-electron chi connectivity index (χ0n) is 11.6. The van der Waals surface area contributed by atoms with Crippen molar-refractivity contribution >= 4 is 33.5 Å². The first-order valence-corrected chi connectivity index (χ1v) is 7.20. The topological polar surface area (TPSA) is 71.3 Å². The second kappa shape index (κ2) is 6.13. The van der Waals surface area contributed by atoms with E-state index < -0.39 is 5.97 Å². The molecule has 0 aliphatic carbocycles. The molecule has 2 N–H and O–H groups in total. The maximum atomic E-state index is 12.3. The molecule has 2 aromatic rings. The van der Waals surface area contributed by atoms with Crippen LogP contribution in [0, 0.1) is 0 Å². The number of nitrogens with zero attached hydrogens (tertiary/aromatic N) is 1. The molecule has 110 valence electrons. The van der Waals surface area contributed by atoms with Crippen LogP contribution in [0.1, 0.15) is 40.7 Å². The van der Waals surface area contributed by atoms with Gasteiger partial charge in [-0.15, -0.1) is 0 Å². The highest BCUT2D eigenvalue weighted by Crippen LogP contribution is 2.20. The van der Waals surface area contributed by atoms with Crippen molar-refractivity contribution in [3.8, 4) is 0 Å². The average molecular weight is 351 g/mol. The third-order valence-electron chi connectivity index (χ3n) is 2.99. The molecule has 6 heteroatoms. The van der Waals surface area contributed by atoms with E-state index in [0.29, 0.717) is 11.4 Å². The average Bonchev–Trinajstić information content (AvgIpc) is 2.82. The van der Waals surface area contributed by atoms with Crippen LogP contribution in [0.5, 0.6) is 0 Å². The number of benzene rings is 1. The van der Waals surface area contributed by atoms with Gasteiger partial charge < -0.3 is 15.0 Å². The van der Waals surface area contributed by atoms with E-state index in [-0.39, 0.29) is 17.5 Å². The molecule has 0 aliphatic rings. The number of halogens is 1. The predicted molar refractivity (Wildman–Crippen MR) is 83.9 cm³/mol. The predicted octanol–water partition coefficient (Wildman–Crippen LogP) is 3.78. The van der Waals surface area contributed by atoms with Crippen LogP contribution in [-0.4, -0.2) is 21.6 Å². The van der Waals surface area contributed by atoms with Crippen molar-refractivity contribution in [2.75, 3.05) is 5.32 Å². The van der Waals surface area contributed by atoms with E-state index in [1.165, 1.54) is 12.1 Å². The molecule has 1 heterocycles. The van der Waals surface area contributed by atoms with E-state index >= 15 is 0 Å². The molecule has 21 heavy (non-hydrogen) atoms. The molecule has 1 aromatic carbocycles. The molecule has 0 aliphatic heterocycles. The Morgan fingerprint density at radius 3 is 2.38 bits per heavy atom. The van der Waals surface area contributed by atoms with Crippen LogP contribution in [0.15, 0.2) is 41.0 Å². The number of carbonyl (C=O) groups excluding carboxylic acids is 1. The molecule has 5 nitrogen and oxygen atoms in total. The lowest BCUT2D eigenvalue weighted by Crippen LogP contribution is -2.17. The lowest BCUT2D eigenvalue weighted by Gasteiger charge is -2.12. The van der Waals surface area contributed by atoms with Crippen molar-refractivity contribution in [2.45, 2.75) is 19.9 Å². The third-order valence-corrected chi connectivity index (χ3v) is 3.43. The van der Waals surface area contributed by atoms with Gasteiger partial charge in [-0.25, -0.2) is 4.79 Å². The fraction of sp³-hybridized carbons (Fsp3) is 0.200. The number of hydrogen-bond acceptors (Lipinski definition) is 2. The lowest BCUT2D eigenvalue weighted by atomic mass is 10.2.